The van der Waals surface area contributed by atoms with Crippen LogP contribution in [0.15, 0.2) is 0 Å². The van der Waals surface area contributed by atoms with Crippen molar-refractivity contribution in [2.24, 2.45) is 0 Å². The fraction of sp³-hybridized carbons (Fsp3) is 0.111. The van der Waals surface area contributed by atoms with Gasteiger partial charge in [-0.25, -0.2) is 14.8 Å². The van der Waals surface area contributed by atoms with Crippen LogP contribution in [0.3, 0.4) is 0 Å². The van der Waals surface area contributed by atoms with E-state index in [1.54, 1.807) is 0 Å². The molecule has 8 nitrogen and oxygen atoms in total. The van der Waals surface area contributed by atoms with Crippen molar-refractivity contribution < 1.29 is 23.6 Å². The average Bonchev–Trinajstić information content (AvgIpc) is 2.39. The van der Waals surface area contributed by atoms with Gasteiger partial charge < -0.3 is 0 Å². The van der Waals surface area contributed by atoms with Crippen LogP contribution in [0.2, 0.25) is 15.6 Å². The van der Waals surface area contributed by atoms with Crippen LogP contribution in [0.25, 0.3) is 0 Å². The summed E-state index contributed by atoms with van der Waals surface area (Å²) in [6.07, 6.45) is 0.215. The molecule has 0 radical (unpaired) electrons. The third-order valence-electron chi connectivity index (χ3n) is 1.77. The van der Waals surface area contributed by atoms with Gasteiger partial charge in [-0.15, -0.1) is 0 Å². The Kier molecular flexibility index (Phi) is 5.22. The minimum Gasteiger partial charge on any atom is -0.298 e. The van der Waals surface area contributed by atoms with E-state index in [-0.39, 0.29) is 29.0 Å². The summed E-state index contributed by atoms with van der Waals surface area (Å²) in [5.41, 5.74) is 0.0535. The number of rotatable bonds is 1. The number of amides is 4. The fourth-order valence-electron chi connectivity index (χ4n) is 1.01. The first kappa shape index (κ1) is 14.6. The Balaban J connectivity index is 0. The number of imide groups is 2. The maximum atomic E-state index is 10.3. The van der Waals surface area contributed by atoms with Crippen molar-refractivity contribution in [3.8, 4) is 0 Å². The standard InChI is InChI=1S/C5HCl3N2O.C4H4N2O3.2H2/c6-3-2(1-11)4(7)10-5(8)9-3;7-2-1-3(8)6-4(9)5-2;;/h1H;1H2,(H2,5,6,7,8,9);2*1H/i;;1+1D;1+1. The number of carbonyl (C=O) groups is 4. The average molecular weight is 347 g/mol. The lowest BCUT2D eigenvalue weighted by atomic mass is 10.3. The molecule has 110 valence electrons. The van der Waals surface area contributed by atoms with E-state index in [4.69, 9.17) is 37.8 Å². The smallest absolute Gasteiger partial charge is 0.298 e. The number of aldehydes is 1. The summed E-state index contributed by atoms with van der Waals surface area (Å²) in [5, 5.41) is 3.65. The largest absolute Gasteiger partial charge is 0.328 e. The Bertz CT molecular complexity index is 537. The lowest BCUT2D eigenvalue weighted by Gasteiger charge is -2.09. The van der Waals surface area contributed by atoms with Gasteiger partial charge >= 0.3 is 6.03 Å². The lowest BCUT2D eigenvalue weighted by Crippen LogP contribution is -2.49. The molecule has 2 N–H and O–H groups in total. The Morgan fingerprint density at radius 1 is 1.05 bits per heavy atom. The van der Waals surface area contributed by atoms with Gasteiger partial charge in [-0.05, 0) is 11.6 Å². The van der Waals surface area contributed by atoms with Crippen LogP contribution in [-0.4, -0.2) is 34.1 Å². The topological polar surface area (TPSA) is 118 Å². The van der Waals surface area contributed by atoms with Gasteiger partial charge in [-0.1, -0.05) is 23.2 Å². The minimum absolute atomic E-state index is 0. The highest BCUT2D eigenvalue weighted by molar-refractivity contribution is 6.38. The van der Waals surface area contributed by atoms with Gasteiger partial charge in [0, 0.05) is 4.40 Å². The van der Waals surface area contributed by atoms with Crippen LogP contribution in [0.4, 0.5) is 4.79 Å². The van der Waals surface area contributed by atoms with Crippen LogP contribution < -0.4 is 10.6 Å². The van der Waals surface area contributed by atoms with Crippen LogP contribution in [0.5, 0.6) is 0 Å². The van der Waals surface area contributed by atoms with E-state index in [9.17, 15) is 19.2 Å². The predicted octanol–water partition coefficient (Wildman–Crippen LogP) is 1.48. The van der Waals surface area contributed by atoms with Gasteiger partial charge in [0.25, 0.3) is 0 Å². The summed E-state index contributed by atoms with van der Waals surface area (Å²) in [4.78, 5) is 48.1. The third kappa shape index (κ3) is 4.72. The molecular weight excluding hydrogens is 334 g/mol. The van der Waals surface area contributed by atoms with Crippen LogP contribution in [-0.2, 0) is 9.59 Å². The summed E-state index contributed by atoms with van der Waals surface area (Å²) < 4.78 is 10.0. The summed E-state index contributed by atoms with van der Waals surface area (Å²) in [5.74, 6) is -1.10. The van der Waals surface area contributed by atoms with E-state index >= 15 is 0 Å². The van der Waals surface area contributed by atoms with Crippen molar-refractivity contribution in [3.63, 3.8) is 0 Å². The second-order valence-corrected chi connectivity index (χ2v) is 4.26. The third-order valence-corrected chi connectivity index (χ3v) is 2.52. The van der Waals surface area contributed by atoms with Gasteiger partial charge in [0.2, 0.25) is 17.1 Å². The van der Waals surface area contributed by atoms with E-state index in [0.29, 0.717) is 6.29 Å². The number of halogens is 3. The molecule has 20 heavy (non-hydrogen) atoms. The highest BCUT2D eigenvalue weighted by Crippen LogP contribution is 2.20. The number of barbiturate groups is 1. The zero-order valence-corrected chi connectivity index (χ0v) is 11.7. The number of carbonyl (C=O) groups excluding carboxylic acids is 4. The number of hydrogen-bond donors (Lipinski definition) is 2. The van der Waals surface area contributed by atoms with E-state index in [0.717, 1.165) is 0 Å². The fourth-order valence-corrected chi connectivity index (χ4v) is 1.74. The molecule has 0 aromatic carbocycles. The second-order valence-electron chi connectivity index (χ2n) is 3.21. The molecule has 2 rings (SSSR count). The summed E-state index contributed by atoms with van der Waals surface area (Å²) >= 11 is 16.3. The molecule has 0 atom stereocenters. The molecule has 2 heterocycles. The maximum Gasteiger partial charge on any atom is 0.328 e. The highest BCUT2D eigenvalue weighted by atomic mass is 35.5. The van der Waals surface area contributed by atoms with E-state index in [1.165, 1.54) is 0 Å². The number of urea groups is 1. The summed E-state index contributed by atoms with van der Waals surface area (Å²) in [6, 6.07) is -0.740. The molecule has 0 aliphatic carbocycles. The lowest BCUT2D eigenvalue weighted by molar-refractivity contribution is -0.129. The monoisotopic (exact) mass is 345 g/mol. The van der Waals surface area contributed by atoms with Gasteiger partial charge in [0.05, 0.1) is 5.56 Å². The minimum atomic E-state index is -0.740. The van der Waals surface area contributed by atoms with Gasteiger partial charge in [0.15, 0.2) is 6.29 Å². The Morgan fingerprint density at radius 3 is 1.85 bits per heavy atom. The molecule has 1 fully saturated rings. The molecule has 1 aliphatic heterocycles. The van der Waals surface area contributed by atoms with Gasteiger partial charge in [-0.2, -0.15) is 0 Å². The molecule has 1 aliphatic rings. The number of nitrogens with zero attached hydrogens (tertiary/aromatic N) is 2. The van der Waals surface area contributed by atoms with E-state index < -0.39 is 17.8 Å². The molecular formula is C9H9Cl3N4O4. The zero-order valence-electron chi connectivity index (χ0n) is 11.4. The Morgan fingerprint density at radius 2 is 1.50 bits per heavy atom. The number of aromatic nitrogens is 2. The molecule has 0 saturated carbocycles. The molecule has 0 spiro atoms. The van der Waals surface area contributed by atoms with Crippen LogP contribution in [0, 0.1) is 0 Å². The van der Waals surface area contributed by atoms with Crippen molar-refractivity contribution >= 4 is 58.9 Å². The second kappa shape index (κ2) is 7.13. The summed E-state index contributed by atoms with van der Waals surface area (Å²) in [7, 11) is 0. The van der Waals surface area contributed by atoms with E-state index in [1.807, 2.05) is 10.6 Å². The first-order chi connectivity index (χ1) is 10.3. The highest BCUT2D eigenvalue weighted by Gasteiger charge is 2.20. The molecule has 0 bridgehead atoms. The quantitative estimate of drug-likeness (QED) is 0.344. The Labute approximate surface area is 131 Å². The molecule has 1 saturated heterocycles. The molecule has 4 amide bonds. The zero-order chi connectivity index (χ0) is 17.3. The first-order valence-corrected chi connectivity index (χ1v) is 5.94. The molecule has 0 unspecified atom stereocenters. The molecule has 11 heteroatoms. The predicted molar refractivity (Wildman–Crippen MR) is 73.0 cm³/mol. The van der Waals surface area contributed by atoms with Crippen molar-refractivity contribution in [1.29, 1.82) is 0 Å². The van der Waals surface area contributed by atoms with Crippen LogP contribution >= 0.6 is 34.8 Å². The van der Waals surface area contributed by atoms with Crippen molar-refractivity contribution in [2.75, 3.05) is 0 Å². The van der Waals surface area contributed by atoms with Crippen molar-refractivity contribution in [2.45, 2.75) is 6.42 Å². The number of hydrogen-bond acceptors (Lipinski definition) is 6. The molecule has 1 aromatic heterocycles. The van der Waals surface area contributed by atoms with Gasteiger partial charge in [-0.3, -0.25) is 25.0 Å². The Hall–Kier alpha value is -1.77. The first-order valence-electron chi connectivity index (χ1n) is 5.81. The normalized spacial score (nSPS) is 14.2. The van der Waals surface area contributed by atoms with Gasteiger partial charge in [0.1, 0.15) is 16.7 Å². The maximum absolute atomic E-state index is 10.3. The number of nitrogens with one attached hydrogen (secondary N) is 2. The molecule has 1 aromatic rings. The van der Waals surface area contributed by atoms with E-state index in [2.05, 4.69) is 9.97 Å². The van der Waals surface area contributed by atoms with Crippen molar-refractivity contribution in [1.82, 2.24) is 20.6 Å². The van der Waals surface area contributed by atoms with Crippen molar-refractivity contribution in [3.05, 3.63) is 21.2 Å². The van der Waals surface area contributed by atoms with Crippen LogP contribution in [0.1, 0.15) is 21.2 Å². The SMILES string of the molecule is O=C1CC(=O)NC(=O)N1.O=Cc1c(Cl)nc(Cl)nc1Cl.[2HH].[2H][2H]. The summed E-state index contributed by atoms with van der Waals surface area (Å²) in [6.45, 7) is 0.